The lowest BCUT2D eigenvalue weighted by molar-refractivity contribution is -0.115. The fourth-order valence-corrected chi connectivity index (χ4v) is 5.63. The Labute approximate surface area is 181 Å². The van der Waals surface area contributed by atoms with Gasteiger partial charge in [0.05, 0.1) is 10.1 Å². The van der Waals surface area contributed by atoms with Crippen LogP contribution < -0.4 is 5.32 Å². The first kappa shape index (κ1) is 22.5. The molecule has 1 aromatic heterocycles. The summed E-state index contributed by atoms with van der Waals surface area (Å²) < 4.78 is 28.9. The zero-order chi connectivity index (χ0) is 21.7. The highest BCUT2D eigenvalue weighted by atomic mass is 32.2. The normalized spacial score (nSPS) is 16.2. The van der Waals surface area contributed by atoms with Gasteiger partial charge in [0.25, 0.3) is 0 Å². The third-order valence-corrected chi connectivity index (χ3v) is 7.93. The Bertz CT molecular complexity index is 996. The Morgan fingerprint density at radius 2 is 1.90 bits per heavy atom. The summed E-state index contributed by atoms with van der Waals surface area (Å²) in [5.41, 5.74) is 0.550. The van der Waals surface area contributed by atoms with Crippen LogP contribution in [0.4, 0.5) is 5.69 Å². The van der Waals surface area contributed by atoms with Crippen molar-refractivity contribution in [2.45, 2.75) is 55.0 Å². The number of carbonyl (C=O) groups excluding carboxylic acids is 1. The second-order valence-corrected chi connectivity index (χ2v) is 10.4. The molecule has 1 unspecified atom stereocenters. The average Bonchev–Trinajstić information content (AvgIpc) is 3.08. The van der Waals surface area contributed by atoms with E-state index in [9.17, 15) is 13.2 Å². The van der Waals surface area contributed by atoms with Crippen molar-refractivity contribution >= 4 is 33.4 Å². The molecule has 1 fully saturated rings. The number of rotatable bonds is 8. The lowest BCUT2D eigenvalue weighted by Gasteiger charge is -2.25. The third kappa shape index (κ3) is 5.11. The first-order chi connectivity index (χ1) is 14.3. The summed E-state index contributed by atoms with van der Waals surface area (Å²) >= 11 is 1.31. The van der Waals surface area contributed by atoms with E-state index in [-0.39, 0.29) is 10.8 Å². The van der Waals surface area contributed by atoms with E-state index in [1.165, 1.54) is 16.1 Å². The molecule has 2 aromatic rings. The van der Waals surface area contributed by atoms with Crippen molar-refractivity contribution in [2.24, 2.45) is 0 Å². The molecule has 0 bridgehead atoms. The summed E-state index contributed by atoms with van der Waals surface area (Å²) in [6.45, 7) is 9.07. The second-order valence-electron chi connectivity index (χ2n) is 7.17. The fourth-order valence-electron chi connectivity index (χ4n) is 3.21. The van der Waals surface area contributed by atoms with Crippen LogP contribution in [0.25, 0.3) is 0 Å². The molecule has 1 aliphatic heterocycles. The van der Waals surface area contributed by atoms with Crippen LogP contribution in [0.2, 0.25) is 0 Å². The van der Waals surface area contributed by atoms with Gasteiger partial charge in [0.2, 0.25) is 15.9 Å². The number of thioether (sulfide) groups is 1. The topological polar surface area (TPSA) is 97.2 Å². The maximum Gasteiger partial charge on any atom is 0.243 e. The van der Waals surface area contributed by atoms with E-state index in [1.54, 1.807) is 37.3 Å². The highest BCUT2D eigenvalue weighted by Gasteiger charge is 2.26. The summed E-state index contributed by atoms with van der Waals surface area (Å²) in [7, 11) is -3.48. The van der Waals surface area contributed by atoms with Gasteiger partial charge < -0.3 is 9.88 Å². The molecule has 0 spiro atoms. The van der Waals surface area contributed by atoms with Gasteiger partial charge >= 0.3 is 0 Å². The summed E-state index contributed by atoms with van der Waals surface area (Å²) in [6, 6.07) is 6.33. The van der Waals surface area contributed by atoms with Gasteiger partial charge in [-0.05, 0) is 51.0 Å². The maximum atomic E-state index is 12.7. The van der Waals surface area contributed by atoms with Gasteiger partial charge in [0.15, 0.2) is 5.16 Å². The molecule has 30 heavy (non-hydrogen) atoms. The SMILES string of the molecule is C=CCn1c(C)nnc1SC(C)C(=O)Nc1ccc(S(=O)(=O)N2CCCCC2)cc1. The number of aromatic nitrogens is 3. The molecule has 0 saturated carbocycles. The lowest BCUT2D eigenvalue weighted by Crippen LogP contribution is -2.35. The molecular weight excluding hydrogens is 422 g/mol. The number of amides is 1. The van der Waals surface area contributed by atoms with Crippen molar-refractivity contribution in [3.8, 4) is 0 Å². The summed E-state index contributed by atoms with van der Waals surface area (Å²) in [4.78, 5) is 12.8. The monoisotopic (exact) mass is 449 g/mol. The van der Waals surface area contributed by atoms with Crippen molar-refractivity contribution in [1.82, 2.24) is 19.1 Å². The Kier molecular flexibility index (Phi) is 7.32. The number of carbonyl (C=O) groups is 1. The first-order valence-electron chi connectivity index (χ1n) is 9.91. The number of nitrogens with zero attached hydrogens (tertiary/aromatic N) is 4. The predicted octanol–water partition coefficient (Wildman–Crippen LogP) is 3.07. The first-order valence-corrected chi connectivity index (χ1v) is 12.2. The zero-order valence-electron chi connectivity index (χ0n) is 17.2. The minimum atomic E-state index is -3.48. The Morgan fingerprint density at radius 1 is 1.23 bits per heavy atom. The summed E-state index contributed by atoms with van der Waals surface area (Å²) in [6.07, 6.45) is 4.60. The average molecular weight is 450 g/mol. The molecule has 8 nitrogen and oxygen atoms in total. The van der Waals surface area contributed by atoms with Crippen LogP contribution in [0, 0.1) is 6.92 Å². The molecule has 3 rings (SSSR count). The molecule has 10 heteroatoms. The Morgan fingerprint density at radius 3 is 2.53 bits per heavy atom. The number of benzene rings is 1. The second kappa shape index (κ2) is 9.76. The van der Waals surface area contributed by atoms with Crippen LogP contribution in [0.15, 0.2) is 47.0 Å². The van der Waals surface area contributed by atoms with Crippen molar-refractivity contribution in [3.05, 3.63) is 42.7 Å². The van der Waals surface area contributed by atoms with Gasteiger partial charge in [0.1, 0.15) is 5.82 Å². The number of aryl methyl sites for hydroxylation is 1. The van der Waals surface area contributed by atoms with E-state index >= 15 is 0 Å². The van der Waals surface area contributed by atoms with Crippen LogP contribution >= 0.6 is 11.8 Å². The summed E-state index contributed by atoms with van der Waals surface area (Å²) in [5.74, 6) is 0.563. The highest BCUT2D eigenvalue weighted by Crippen LogP contribution is 2.25. The number of hydrogen-bond donors (Lipinski definition) is 1. The number of allylic oxidation sites excluding steroid dienone is 1. The Hall–Kier alpha value is -2.17. The standard InChI is InChI=1S/C20H27N5O3S2/c1-4-12-25-16(3)22-23-20(25)29-15(2)19(26)21-17-8-10-18(11-9-17)30(27,28)24-13-6-5-7-14-24/h4,8-11,15H,1,5-7,12-14H2,2-3H3,(H,21,26). The number of hydrogen-bond acceptors (Lipinski definition) is 6. The quantitative estimate of drug-likeness (QED) is 0.491. The molecule has 162 valence electrons. The van der Waals surface area contributed by atoms with E-state index in [1.807, 2.05) is 11.5 Å². The Balaban J connectivity index is 1.63. The van der Waals surface area contributed by atoms with Gasteiger partial charge in [-0.2, -0.15) is 4.31 Å². The van der Waals surface area contributed by atoms with Crippen molar-refractivity contribution in [2.75, 3.05) is 18.4 Å². The smallest absolute Gasteiger partial charge is 0.243 e. The molecule has 2 heterocycles. The van der Waals surface area contributed by atoms with Gasteiger partial charge in [-0.1, -0.05) is 24.3 Å². The molecule has 0 aliphatic carbocycles. The molecule has 1 aliphatic rings. The van der Waals surface area contributed by atoms with Gasteiger partial charge in [-0.3, -0.25) is 4.79 Å². The van der Waals surface area contributed by atoms with E-state index in [4.69, 9.17) is 0 Å². The van der Waals surface area contributed by atoms with E-state index in [0.29, 0.717) is 30.5 Å². The molecule has 1 amide bonds. The highest BCUT2D eigenvalue weighted by molar-refractivity contribution is 8.00. The summed E-state index contributed by atoms with van der Waals surface area (Å²) in [5, 5.41) is 11.3. The van der Waals surface area contributed by atoms with Crippen LogP contribution in [-0.4, -0.2) is 51.7 Å². The van der Waals surface area contributed by atoms with E-state index in [0.717, 1.165) is 25.1 Å². The zero-order valence-corrected chi connectivity index (χ0v) is 18.9. The number of anilines is 1. The molecule has 0 radical (unpaired) electrons. The van der Waals surface area contributed by atoms with E-state index < -0.39 is 15.3 Å². The predicted molar refractivity (Wildman–Crippen MR) is 118 cm³/mol. The maximum absolute atomic E-state index is 12.7. The minimum absolute atomic E-state index is 0.197. The molecule has 1 N–H and O–H groups in total. The van der Waals surface area contributed by atoms with E-state index in [2.05, 4.69) is 22.1 Å². The molecule has 1 atom stereocenters. The van der Waals surface area contributed by atoms with Gasteiger partial charge in [-0.25, -0.2) is 8.42 Å². The molecule has 1 aromatic carbocycles. The van der Waals surface area contributed by atoms with Gasteiger partial charge in [0, 0.05) is 25.3 Å². The lowest BCUT2D eigenvalue weighted by atomic mass is 10.2. The molecule has 1 saturated heterocycles. The van der Waals surface area contributed by atoms with Crippen LogP contribution in [0.1, 0.15) is 32.0 Å². The van der Waals surface area contributed by atoms with Gasteiger partial charge in [-0.15, -0.1) is 16.8 Å². The largest absolute Gasteiger partial charge is 0.325 e. The number of piperidine rings is 1. The van der Waals surface area contributed by atoms with Crippen LogP contribution in [0.5, 0.6) is 0 Å². The number of nitrogens with one attached hydrogen (secondary N) is 1. The van der Waals surface area contributed by atoms with Crippen LogP contribution in [-0.2, 0) is 21.4 Å². The van der Waals surface area contributed by atoms with Crippen molar-refractivity contribution < 1.29 is 13.2 Å². The third-order valence-electron chi connectivity index (χ3n) is 4.94. The number of sulfonamides is 1. The van der Waals surface area contributed by atoms with Crippen molar-refractivity contribution in [3.63, 3.8) is 0 Å². The fraction of sp³-hybridized carbons (Fsp3) is 0.450. The van der Waals surface area contributed by atoms with Crippen LogP contribution in [0.3, 0.4) is 0 Å². The van der Waals surface area contributed by atoms with Crippen molar-refractivity contribution in [1.29, 1.82) is 0 Å². The molecular formula is C20H27N5O3S2. The minimum Gasteiger partial charge on any atom is -0.325 e.